The molecule has 0 amide bonds. The summed E-state index contributed by atoms with van der Waals surface area (Å²) in [5.41, 5.74) is 3.13. The van der Waals surface area contributed by atoms with Crippen LogP contribution >= 0.6 is 11.6 Å². The molecule has 2 atom stereocenters. The Balaban J connectivity index is 1.73. The third kappa shape index (κ3) is 3.95. The quantitative estimate of drug-likeness (QED) is 0.609. The molecule has 3 N–H and O–H groups in total. The fourth-order valence-electron chi connectivity index (χ4n) is 3.94. The van der Waals surface area contributed by atoms with Crippen molar-refractivity contribution in [2.24, 2.45) is 0 Å². The Labute approximate surface area is 175 Å². The van der Waals surface area contributed by atoms with Gasteiger partial charge in [0.2, 0.25) is 0 Å². The van der Waals surface area contributed by atoms with Gasteiger partial charge in [0.15, 0.2) is 5.65 Å². The van der Waals surface area contributed by atoms with E-state index in [0.29, 0.717) is 17.4 Å². The first-order valence-corrected chi connectivity index (χ1v) is 10.3. The van der Waals surface area contributed by atoms with Gasteiger partial charge in [-0.25, -0.2) is 15.0 Å². The third-order valence-electron chi connectivity index (χ3n) is 5.26. The second-order valence-corrected chi connectivity index (χ2v) is 8.97. The lowest BCUT2D eigenvalue weighted by Crippen LogP contribution is -2.47. The van der Waals surface area contributed by atoms with Gasteiger partial charge in [0.25, 0.3) is 0 Å². The minimum Gasteiger partial charge on any atom is -0.390 e. The molecule has 0 saturated carbocycles. The molecule has 0 spiro atoms. The van der Waals surface area contributed by atoms with Crippen molar-refractivity contribution in [2.75, 3.05) is 18.4 Å². The molecule has 1 aliphatic rings. The fraction of sp³-hybridized carbons (Fsp3) is 0.476. The predicted molar refractivity (Wildman–Crippen MR) is 116 cm³/mol. The zero-order valence-electron chi connectivity index (χ0n) is 17.2. The summed E-state index contributed by atoms with van der Waals surface area (Å²) in [5.74, 6) is 1.61. The number of hydrogen-bond acceptors (Lipinski definition) is 6. The summed E-state index contributed by atoms with van der Waals surface area (Å²) in [4.78, 5) is 13.9. The second kappa shape index (κ2) is 7.55. The second-order valence-electron chi connectivity index (χ2n) is 8.56. The van der Waals surface area contributed by atoms with Crippen LogP contribution in [0.4, 0.5) is 5.82 Å². The molecule has 8 heteroatoms. The van der Waals surface area contributed by atoms with Crippen LogP contribution in [0.1, 0.15) is 33.0 Å². The van der Waals surface area contributed by atoms with Crippen LogP contribution in [-0.2, 0) is 5.54 Å². The average molecular weight is 415 g/mol. The van der Waals surface area contributed by atoms with Gasteiger partial charge in [-0.05, 0) is 58.9 Å². The number of imidazole rings is 1. The summed E-state index contributed by atoms with van der Waals surface area (Å²) in [5, 5.41) is 17.3. The third-order valence-corrected chi connectivity index (χ3v) is 5.56. The molecule has 0 aromatic carbocycles. The molecule has 3 aromatic rings. The maximum Gasteiger partial charge on any atom is 0.161 e. The maximum absolute atomic E-state index is 10.2. The van der Waals surface area contributed by atoms with Crippen molar-refractivity contribution >= 4 is 28.6 Å². The maximum atomic E-state index is 10.2. The van der Waals surface area contributed by atoms with Crippen LogP contribution in [0.25, 0.3) is 22.4 Å². The summed E-state index contributed by atoms with van der Waals surface area (Å²) in [6.07, 6.45) is 2.00. The Kier molecular flexibility index (Phi) is 5.23. The van der Waals surface area contributed by atoms with E-state index >= 15 is 0 Å². The van der Waals surface area contributed by atoms with Crippen LogP contribution in [0.2, 0.25) is 5.02 Å². The molecule has 3 aromatic heterocycles. The monoisotopic (exact) mass is 414 g/mol. The smallest absolute Gasteiger partial charge is 0.161 e. The number of aliphatic hydroxyl groups excluding tert-OH is 1. The molecule has 0 unspecified atom stereocenters. The molecule has 0 aliphatic carbocycles. The zero-order valence-corrected chi connectivity index (χ0v) is 18.0. The first kappa shape index (κ1) is 20.1. The van der Waals surface area contributed by atoms with Gasteiger partial charge in [0, 0.05) is 23.8 Å². The van der Waals surface area contributed by atoms with Crippen molar-refractivity contribution in [1.29, 1.82) is 0 Å². The number of β-amino-alcohol motifs (C(OH)–C–C–N with tert-alkyl or cyclic N) is 1. The molecular weight excluding hydrogens is 388 g/mol. The van der Waals surface area contributed by atoms with Crippen molar-refractivity contribution in [1.82, 2.24) is 24.8 Å². The normalized spacial score (nSPS) is 20.2. The first-order chi connectivity index (χ1) is 13.7. The van der Waals surface area contributed by atoms with Gasteiger partial charge in [0.1, 0.15) is 17.2 Å². The molecule has 1 aliphatic heterocycles. The van der Waals surface area contributed by atoms with Crippen molar-refractivity contribution < 1.29 is 5.11 Å². The van der Waals surface area contributed by atoms with Gasteiger partial charge in [-0.1, -0.05) is 11.6 Å². The number of aryl methyl sites for hydroxylation is 1. The number of fused-ring (bicyclic) bond motifs is 1. The van der Waals surface area contributed by atoms with E-state index in [1.165, 1.54) is 0 Å². The number of nitrogens with one attached hydrogen (secondary N) is 2. The van der Waals surface area contributed by atoms with E-state index in [2.05, 4.69) is 45.9 Å². The minimum absolute atomic E-state index is 0.0433. The van der Waals surface area contributed by atoms with Gasteiger partial charge in [0.05, 0.1) is 22.9 Å². The van der Waals surface area contributed by atoms with Crippen LogP contribution in [0, 0.1) is 6.92 Å². The van der Waals surface area contributed by atoms with E-state index in [9.17, 15) is 5.11 Å². The fourth-order valence-corrected chi connectivity index (χ4v) is 4.14. The summed E-state index contributed by atoms with van der Waals surface area (Å²) >= 11 is 6.48. The summed E-state index contributed by atoms with van der Waals surface area (Å²) in [7, 11) is 0. The average Bonchev–Trinajstić information content (AvgIpc) is 3.00. The van der Waals surface area contributed by atoms with Gasteiger partial charge >= 0.3 is 0 Å². The predicted octanol–water partition coefficient (Wildman–Crippen LogP) is 3.34. The minimum atomic E-state index is -0.455. The van der Waals surface area contributed by atoms with Crippen LogP contribution in [0.5, 0.6) is 0 Å². The van der Waals surface area contributed by atoms with Gasteiger partial charge in [-0.3, -0.25) is 0 Å². The van der Waals surface area contributed by atoms with E-state index in [1.807, 2.05) is 25.1 Å². The summed E-state index contributed by atoms with van der Waals surface area (Å²) in [6, 6.07) is 5.77. The lowest BCUT2D eigenvalue weighted by Gasteiger charge is -2.29. The summed E-state index contributed by atoms with van der Waals surface area (Å²) in [6.45, 7) is 9.86. The van der Waals surface area contributed by atoms with Crippen LogP contribution in [0.15, 0.2) is 24.4 Å². The largest absolute Gasteiger partial charge is 0.390 e. The number of rotatable bonds is 3. The number of nitrogens with zero attached hydrogens (tertiary/aromatic N) is 4. The van der Waals surface area contributed by atoms with Crippen molar-refractivity contribution in [3.05, 3.63) is 35.2 Å². The Bertz CT molecular complexity index is 1040. The SMILES string of the molecule is Cc1nc2ccc(-c3cc(N[C@@H]4CCNC[C@H]4O)ncc3Cl)nc2n1C(C)(C)C. The van der Waals surface area contributed by atoms with E-state index in [1.54, 1.807) is 6.20 Å². The van der Waals surface area contributed by atoms with Crippen molar-refractivity contribution in [3.63, 3.8) is 0 Å². The van der Waals surface area contributed by atoms with Gasteiger partial charge in [-0.15, -0.1) is 0 Å². The molecule has 1 saturated heterocycles. The topological polar surface area (TPSA) is 87.9 Å². The molecule has 7 nitrogen and oxygen atoms in total. The Morgan fingerprint density at radius 3 is 2.79 bits per heavy atom. The Morgan fingerprint density at radius 1 is 1.28 bits per heavy atom. The lowest BCUT2D eigenvalue weighted by atomic mass is 10.0. The van der Waals surface area contributed by atoms with Gasteiger partial charge < -0.3 is 20.3 Å². The molecular formula is C21H27ClN6O. The number of aliphatic hydroxyl groups is 1. The number of piperidine rings is 1. The number of anilines is 1. The highest BCUT2D eigenvalue weighted by molar-refractivity contribution is 6.33. The number of aromatic nitrogens is 4. The van der Waals surface area contributed by atoms with E-state index in [4.69, 9.17) is 16.6 Å². The van der Waals surface area contributed by atoms with Crippen molar-refractivity contribution in [2.45, 2.75) is 51.8 Å². The molecule has 4 rings (SSSR count). The lowest BCUT2D eigenvalue weighted by molar-refractivity contribution is 0.128. The molecule has 0 bridgehead atoms. The Morgan fingerprint density at radius 2 is 2.07 bits per heavy atom. The zero-order chi connectivity index (χ0) is 20.8. The van der Waals surface area contributed by atoms with Gasteiger partial charge in [-0.2, -0.15) is 0 Å². The summed E-state index contributed by atoms with van der Waals surface area (Å²) < 4.78 is 2.14. The van der Waals surface area contributed by atoms with E-state index < -0.39 is 6.10 Å². The van der Waals surface area contributed by atoms with E-state index in [0.717, 1.165) is 41.2 Å². The highest BCUT2D eigenvalue weighted by atomic mass is 35.5. The molecule has 0 radical (unpaired) electrons. The van der Waals surface area contributed by atoms with E-state index in [-0.39, 0.29) is 11.6 Å². The van der Waals surface area contributed by atoms with Crippen LogP contribution in [0.3, 0.4) is 0 Å². The van der Waals surface area contributed by atoms with Crippen LogP contribution < -0.4 is 10.6 Å². The molecule has 1 fully saturated rings. The number of pyridine rings is 2. The number of halogens is 1. The molecule has 29 heavy (non-hydrogen) atoms. The highest BCUT2D eigenvalue weighted by Crippen LogP contribution is 2.31. The highest BCUT2D eigenvalue weighted by Gasteiger charge is 2.24. The first-order valence-electron chi connectivity index (χ1n) is 9.92. The van der Waals surface area contributed by atoms with Crippen molar-refractivity contribution in [3.8, 4) is 11.3 Å². The molecule has 154 valence electrons. The van der Waals surface area contributed by atoms with Crippen LogP contribution in [-0.4, -0.2) is 49.9 Å². The number of hydrogen-bond donors (Lipinski definition) is 3. The molecule has 4 heterocycles. The Hall–Kier alpha value is -2.22. The standard InChI is InChI=1S/C21H27ClN6O/c1-12-25-17-6-5-15(27-20(17)28(12)21(2,3)4)13-9-19(24-10-14(13)22)26-16-7-8-23-11-18(16)29/h5-6,9-10,16,18,23,29H,7-8,11H2,1-4H3,(H,24,26)/t16-,18-/m1/s1.